The topological polar surface area (TPSA) is 50.8 Å². The molecule has 1 aromatic rings. The van der Waals surface area contributed by atoms with E-state index in [4.69, 9.17) is 10.5 Å². The minimum Gasteiger partial charge on any atom is -0.380 e. The highest BCUT2D eigenvalue weighted by molar-refractivity contribution is 5.80. The number of nitrogens with zero attached hydrogens (tertiary/aromatic N) is 2. The zero-order chi connectivity index (χ0) is 13.0. The molecule has 18 heavy (non-hydrogen) atoms. The Labute approximate surface area is 108 Å². The standard InChI is InChI=1S/C14H19N3O/c1-3-8-17-13(9-16-14(17)15)12-6-4-11(5-7-12)10-18-2/h3-7,13H,1,8-10H2,2H3,(H2,15,16). The third-order valence-electron chi connectivity index (χ3n) is 3.10. The highest BCUT2D eigenvalue weighted by Gasteiger charge is 2.26. The molecule has 0 saturated heterocycles. The summed E-state index contributed by atoms with van der Waals surface area (Å²) in [6.07, 6.45) is 1.85. The molecule has 0 aliphatic carbocycles. The van der Waals surface area contributed by atoms with Gasteiger partial charge >= 0.3 is 0 Å². The highest BCUT2D eigenvalue weighted by atomic mass is 16.5. The van der Waals surface area contributed by atoms with Gasteiger partial charge in [-0.05, 0) is 11.1 Å². The van der Waals surface area contributed by atoms with E-state index in [0.717, 1.165) is 6.54 Å². The van der Waals surface area contributed by atoms with E-state index in [2.05, 4.69) is 40.7 Å². The predicted molar refractivity (Wildman–Crippen MR) is 73.3 cm³/mol. The van der Waals surface area contributed by atoms with Gasteiger partial charge in [-0.1, -0.05) is 30.3 Å². The molecule has 4 heteroatoms. The zero-order valence-electron chi connectivity index (χ0n) is 10.7. The first kappa shape index (κ1) is 12.6. The van der Waals surface area contributed by atoms with Crippen molar-refractivity contribution in [3.05, 3.63) is 48.0 Å². The lowest BCUT2D eigenvalue weighted by Crippen LogP contribution is -2.36. The zero-order valence-corrected chi connectivity index (χ0v) is 10.7. The molecule has 96 valence electrons. The molecule has 1 atom stereocenters. The molecule has 1 aromatic carbocycles. The summed E-state index contributed by atoms with van der Waals surface area (Å²) in [4.78, 5) is 6.37. The Balaban J connectivity index is 2.13. The Morgan fingerprint density at radius 2 is 2.22 bits per heavy atom. The summed E-state index contributed by atoms with van der Waals surface area (Å²) in [5.74, 6) is 0.598. The van der Waals surface area contributed by atoms with Crippen molar-refractivity contribution >= 4 is 5.96 Å². The summed E-state index contributed by atoms with van der Waals surface area (Å²) in [5, 5.41) is 0. The van der Waals surface area contributed by atoms with E-state index in [0.29, 0.717) is 19.1 Å². The van der Waals surface area contributed by atoms with Crippen LogP contribution in [0.2, 0.25) is 0 Å². The molecule has 0 spiro atoms. The minimum absolute atomic E-state index is 0.222. The van der Waals surface area contributed by atoms with Crippen molar-refractivity contribution in [3.8, 4) is 0 Å². The fourth-order valence-electron chi connectivity index (χ4n) is 2.18. The minimum atomic E-state index is 0.222. The molecule has 2 rings (SSSR count). The molecule has 2 N–H and O–H groups in total. The lowest BCUT2D eigenvalue weighted by Gasteiger charge is -2.25. The summed E-state index contributed by atoms with van der Waals surface area (Å²) < 4.78 is 5.10. The maximum absolute atomic E-state index is 5.88. The summed E-state index contributed by atoms with van der Waals surface area (Å²) in [5.41, 5.74) is 8.27. The van der Waals surface area contributed by atoms with Gasteiger partial charge < -0.3 is 15.4 Å². The Bertz CT molecular complexity index is 439. The molecule has 0 bridgehead atoms. The molecule has 0 aromatic heterocycles. The van der Waals surface area contributed by atoms with E-state index in [1.165, 1.54) is 11.1 Å². The number of hydrogen-bond acceptors (Lipinski definition) is 4. The second-order valence-electron chi connectivity index (χ2n) is 4.33. The van der Waals surface area contributed by atoms with Gasteiger partial charge in [-0.3, -0.25) is 4.99 Å². The van der Waals surface area contributed by atoms with Crippen LogP contribution in [0.3, 0.4) is 0 Å². The van der Waals surface area contributed by atoms with Crippen molar-refractivity contribution in [3.63, 3.8) is 0 Å². The fraction of sp³-hybridized carbons (Fsp3) is 0.357. The third kappa shape index (κ3) is 2.54. The average molecular weight is 245 g/mol. The van der Waals surface area contributed by atoms with Crippen LogP contribution in [0.15, 0.2) is 41.9 Å². The molecule has 1 heterocycles. The maximum Gasteiger partial charge on any atom is 0.192 e. The maximum atomic E-state index is 5.88. The number of benzene rings is 1. The highest BCUT2D eigenvalue weighted by Crippen LogP contribution is 2.25. The largest absolute Gasteiger partial charge is 0.380 e. The van der Waals surface area contributed by atoms with Crippen molar-refractivity contribution in [2.45, 2.75) is 12.6 Å². The van der Waals surface area contributed by atoms with E-state index in [1.54, 1.807) is 7.11 Å². The number of nitrogens with two attached hydrogens (primary N) is 1. The van der Waals surface area contributed by atoms with Crippen LogP contribution in [0.25, 0.3) is 0 Å². The first-order valence-electron chi connectivity index (χ1n) is 6.01. The number of hydrogen-bond donors (Lipinski definition) is 1. The Kier molecular flexibility index (Phi) is 3.99. The quantitative estimate of drug-likeness (QED) is 0.803. The van der Waals surface area contributed by atoms with Gasteiger partial charge in [-0.25, -0.2) is 0 Å². The van der Waals surface area contributed by atoms with Gasteiger partial charge in [0.1, 0.15) is 0 Å². The predicted octanol–water partition coefficient (Wildman–Crippen LogP) is 1.69. The first-order chi connectivity index (χ1) is 8.76. The van der Waals surface area contributed by atoms with E-state index >= 15 is 0 Å². The summed E-state index contributed by atoms with van der Waals surface area (Å²) >= 11 is 0. The van der Waals surface area contributed by atoms with Gasteiger partial charge in [0.2, 0.25) is 0 Å². The van der Waals surface area contributed by atoms with Crippen LogP contribution in [0.1, 0.15) is 17.2 Å². The summed E-state index contributed by atoms with van der Waals surface area (Å²) in [7, 11) is 1.70. The number of ether oxygens (including phenoxy) is 1. The molecule has 0 fully saturated rings. The summed E-state index contributed by atoms with van der Waals surface area (Å²) in [6, 6.07) is 8.62. The Morgan fingerprint density at radius 3 is 2.83 bits per heavy atom. The Morgan fingerprint density at radius 1 is 1.50 bits per heavy atom. The number of rotatable bonds is 5. The van der Waals surface area contributed by atoms with Crippen molar-refractivity contribution in [2.75, 3.05) is 20.2 Å². The van der Waals surface area contributed by atoms with Gasteiger partial charge in [-0.2, -0.15) is 0 Å². The molecule has 4 nitrogen and oxygen atoms in total. The lowest BCUT2D eigenvalue weighted by molar-refractivity contribution is 0.185. The van der Waals surface area contributed by atoms with Crippen LogP contribution in [0, 0.1) is 0 Å². The number of guanidine groups is 1. The van der Waals surface area contributed by atoms with E-state index in [-0.39, 0.29) is 6.04 Å². The number of aliphatic imine (C=N–C) groups is 1. The normalized spacial score (nSPS) is 18.8. The van der Waals surface area contributed by atoms with Gasteiger partial charge in [0.25, 0.3) is 0 Å². The smallest absolute Gasteiger partial charge is 0.192 e. The van der Waals surface area contributed by atoms with Crippen molar-refractivity contribution in [2.24, 2.45) is 10.7 Å². The van der Waals surface area contributed by atoms with Gasteiger partial charge in [0, 0.05) is 13.7 Å². The second-order valence-corrected chi connectivity index (χ2v) is 4.33. The van der Waals surface area contributed by atoms with Crippen molar-refractivity contribution < 1.29 is 4.74 Å². The lowest BCUT2D eigenvalue weighted by atomic mass is 10.0. The molecule has 1 aliphatic rings. The van der Waals surface area contributed by atoms with Crippen LogP contribution >= 0.6 is 0 Å². The van der Waals surface area contributed by atoms with Gasteiger partial charge in [-0.15, -0.1) is 6.58 Å². The van der Waals surface area contributed by atoms with E-state index < -0.39 is 0 Å². The SMILES string of the molecule is C=CCN1C(N)=NCC1c1ccc(COC)cc1. The summed E-state index contributed by atoms with van der Waals surface area (Å²) in [6.45, 7) is 5.83. The fourth-order valence-corrected chi connectivity index (χ4v) is 2.18. The monoisotopic (exact) mass is 245 g/mol. The van der Waals surface area contributed by atoms with E-state index in [9.17, 15) is 0 Å². The van der Waals surface area contributed by atoms with Gasteiger partial charge in [0.05, 0.1) is 19.2 Å². The van der Waals surface area contributed by atoms with Crippen molar-refractivity contribution in [1.82, 2.24) is 4.90 Å². The average Bonchev–Trinajstić information content (AvgIpc) is 2.73. The molecule has 1 unspecified atom stereocenters. The molecular formula is C14H19N3O. The van der Waals surface area contributed by atoms with Crippen LogP contribution in [-0.4, -0.2) is 31.1 Å². The van der Waals surface area contributed by atoms with Crippen molar-refractivity contribution in [1.29, 1.82) is 0 Å². The van der Waals surface area contributed by atoms with E-state index in [1.807, 2.05) is 6.08 Å². The molecule has 1 aliphatic heterocycles. The second kappa shape index (κ2) is 5.69. The third-order valence-corrected chi connectivity index (χ3v) is 3.10. The Hall–Kier alpha value is -1.81. The van der Waals surface area contributed by atoms with Crippen LogP contribution < -0.4 is 5.73 Å². The van der Waals surface area contributed by atoms with Crippen LogP contribution in [0.5, 0.6) is 0 Å². The van der Waals surface area contributed by atoms with Crippen LogP contribution in [-0.2, 0) is 11.3 Å². The van der Waals surface area contributed by atoms with Gasteiger partial charge in [0.15, 0.2) is 5.96 Å². The number of methoxy groups -OCH3 is 1. The molecule has 0 amide bonds. The molecule has 0 radical (unpaired) electrons. The first-order valence-corrected chi connectivity index (χ1v) is 6.01. The van der Waals surface area contributed by atoms with Crippen LogP contribution in [0.4, 0.5) is 0 Å². The molecular weight excluding hydrogens is 226 g/mol. The molecule has 0 saturated carbocycles.